The molecule has 0 radical (unpaired) electrons. The Morgan fingerprint density at radius 2 is 2.08 bits per heavy atom. The molecule has 0 fully saturated rings. The average molecular weight is 188 g/mol. The van der Waals surface area contributed by atoms with Gasteiger partial charge in [0.05, 0.1) is 0 Å². The van der Waals surface area contributed by atoms with Crippen LogP contribution in [0.1, 0.15) is 27.2 Å². The third-order valence-electron chi connectivity index (χ3n) is 1.91. The number of rotatable bonds is 4. The number of hydrogen-bond donors (Lipinski definition) is 2. The molecule has 0 aromatic rings. The molecule has 2 atom stereocenters. The topological polar surface area (TPSA) is 37.3 Å². The fourth-order valence-corrected chi connectivity index (χ4v) is 1.60. The second kappa shape index (κ2) is 4.22. The highest BCUT2D eigenvalue weighted by molar-refractivity contribution is 7.81. The summed E-state index contributed by atoms with van der Waals surface area (Å²) in [6.07, 6.45) is 0.882. The van der Waals surface area contributed by atoms with Crippen LogP contribution < -0.4 is 0 Å². The van der Waals surface area contributed by atoms with Gasteiger partial charge in [0.25, 0.3) is 0 Å². The van der Waals surface area contributed by atoms with Gasteiger partial charge in [0.2, 0.25) is 0 Å². The summed E-state index contributed by atoms with van der Waals surface area (Å²) >= 11 is 4.08. The molecule has 0 rings (SSSR count). The summed E-state index contributed by atoms with van der Waals surface area (Å²) in [7, 11) is 2.09. The van der Waals surface area contributed by atoms with Crippen molar-refractivity contribution in [1.82, 2.24) is 0 Å². The molecular formula is C8H17BO2S. The third kappa shape index (κ3) is 3.52. The van der Waals surface area contributed by atoms with E-state index in [0.717, 1.165) is 6.42 Å². The number of carbonyl (C=O) groups is 1. The lowest BCUT2D eigenvalue weighted by Gasteiger charge is -2.29. The molecule has 2 unspecified atom stereocenters. The molecule has 0 aliphatic heterocycles. The SMILES string of the molecule is BC(C)CC(C)(C)C(S)C(=O)O. The molecule has 2 nitrogen and oxygen atoms in total. The normalized spacial score (nSPS) is 17.0. The third-order valence-corrected chi connectivity index (χ3v) is 2.83. The molecule has 0 spiro atoms. The van der Waals surface area contributed by atoms with Gasteiger partial charge in [-0.05, 0) is 5.41 Å². The zero-order valence-corrected chi connectivity index (χ0v) is 9.06. The van der Waals surface area contributed by atoms with E-state index in [9.17, 15) is 4.79 Å². The van der Waals surface area contributed by atoms with Crippen molar-refractivity contribution in [3.63, 3.8) is 0 Å². The standard InChI is InChI=1S/C8H17BO2S/c1-5(9)4-8(2,3)6(12)7(10)11/h5-6,12H,4,9H2,1-3H3,(H,10,11). The Morgan fingerprint density at radius 3 is 2.33 bits per heavy atom. The number of carboxylic acid groups (broad SMARTS) is 1. The lowest BCUT2D eigenvalue weighted by atomic mass is 9.73. The summed E-state index contributed by atoms with van der Waals surface area (Å²) in [5.41, 5.74) is -0.233. The van der Waals surface area contributed by atoms with Gasteiger partial charge in [-0.3, -0.25) is 4.79 Å². The molecule has 0 heterocycles. The number of aliphatic carboxylic acids is 1. The van der Waals surface area contributed by atoms with Crippen molar-refractivity contribution in [2.45, 2.75) is 38.3 Å². The van der Waals surface area contributed by atoms with Crippen molar-refractivity contribution < 1.29 is 9.90 Å². The second-order valence-electron chi connectivity index (χ2n) is 4.33. The highest BCUT2D eigenvalue weighted by atomic mass is 32.1. The van der Waals surface area contributed by atoms with Crippen LogP contribution in [0.25, 0.3) is 0 Å². The largest absolute Gasteiger partial charge is 0.480 e. The van der Waals surface area contributed by atoms with Gasteiger partial charge in [0.1, 0.15) is 13.1 Å². The van der Waals surface area contributed by atoms with Crippen LogP contribution in [0, 0.1) is 5.41 Å². The summed E-state index contributed by atoms with van der Waals surface area (Å²) < 4.78 is 0. The van der Waals surface area contributed by atoms with Gasteiger partial charge in [-0.15, -0.1) is 0 Å². The molecule has 0 aliphatic rings. The van der Waals surface area contributed by atoms with Crippen molar-refractivity contribution in [3.8, 4) is 0 Å². The van der Waals surface area contributed by atoms with Gasteiger partial charge in [-0.1, -0.05) is 33.0 Å². The van der Waals surface area contributed by atoms with E-state index < -0.39 is 11.2 Å². The number of thiol groups is 1. The van der Waals surface area contributed by atoms with Crippen LogP contribution >= 0.6 is 12.6 Å². The minimum absolute atomic E-state index is 0.233. The Bertz CT molecular complexity index is 168. The zero-order valence-electron chi connectivity index (χ0n) is 8.16. The van der Waals surface area contributed by atoms with E-state index in [2.05, 4.69) is 27.4 Å². The maximum absolute atomic E-state index is 10.7. The first kappa shape index (κ1) is 11.9. The predicted octanol–water partition coefficient (Wildman–Crippen LogP) is 1.23. The van der Waals surface area contributed by atoms with Gasteiger partial charge < -0.3 is 5.11 Å². The number of carboxylic acids is 1. The van der Waals surface area contributed by atoms with Crippen molar-refractivity contribution in [3.05, 3.63) is 0 Å². The maximum atomic E-state index is 10.7. The molecule has 12 heavy (non-hydrogen) atoms. The van der Waals surface area contributed by atoms with Crippen LogP contribution in [-0.4, -0.2) is 24.2 Å². The molecule has 1 N–H and O–H groups in total. The van der Waals surface area contributed by atoms with Gasteiger partial charge >= 0.3 is 5.97 Å². The molecule has 70 valence electrons. The van der Waals surface area contributed by atoms with Crippen LogP contribution in [-0.2, 0) is 4.79 Å². The van der Waals surface area contributed by atoms with E-state index in [1.165, 1.54) is 0 Å². The maximum Gasteiger partial charge on any atom is 0.316 e. The Labute approximate surface area is 80.6 Å². The quantitative estimate of drug-likeness (QED) is 0.514. The first-order valence-electron chi connectivity index (χ1n) is 4.18. The van der Waals surface area contributed by atoms with E-state index >= 15 is 0 Å². The summed E-state index contributed by atoms with van der Waals surface area (Å²) in [5.74, 6) is -0.321. The molecule has 4 heteroatoms. The minimum Gasteiger partial charge on any atom is -0.480 e. The molecule has 0 amide bonds. The van der Waals surface area contributed by atoms with Crippen LogP contribution in [0.15, 0.2) is 0 Å². The molecule has 0 saturated heterocycles. The Hall–Kier alpha value is -0.115. The van der Waals surface area contributed by atoms with Crippen molar-refractivity contribution in [2.75, 3.05) is 0 Å². The first-order valence-corrected chi connectivity index (χ1v) is 4.70. The lowest BCUT2D eigenvalue weighted by molar-refractivity contribution is -0.138. The van der Waals surface area contributed by atoms with E-state index in [1.54, 1.807) is 0 Å². The molecule has 0 aromatic carbocycles. The van der Waals surface area contributed by atoms with Gasteiger partial charge in [0.15, 0.2) is 0 Å². The highest BCUT2D eigenvalue weighted by Gasteiger charge is 2.32. The van der Waals surface area contributed by atoms with Crippen molar-refractivity contribution >= 4 is 26.4 Å². The highest BCUT2D eigenvalue weighted by Crippen LogP contribution is 2.33. The molecule has 0 saturated carbocycles. The summed E-state index contributed by atoms with van der Waals surface area (Å²) in [6.45, 7) is 5.97. The lowest BCUT2D eigenvalue weighted by Crippen LogP contribution is -2.32. The Kier molecular flexibility index (Phi) is 4.17. The van der Waals surface area contributed by atoms with E-state index in [-0.39, 0.29) is 5.41 Å². The molecule has 0 aliphatic carbocycles. The second-order valence-corrected chi connectivity index (χ2v) is 4.84. The summed E-state index contributed by atoms with van der Waals surface area (Å²) in [4.78, 5) is 10.7. The predicted molar refractivity (Wildman–Crippen MR) is 56.8 cm³/mol. The smallest absolute Gasteiger partial charge is 0.316 e. The van der Waals surface area contributed by atoms with Crippen LogP contribution in [0.5, 0.6) is 0 Å². The summed E-state index contributed by atoms with van der Waals surface area (Å²) in [6, 6.07) is 0. The van der Waals surface area contributed by atoms with Crippen LogP contribution in [0.3, 0.4) is 0 Å². The van der Waals surface area contributed by atoms with Crippen molar-refractivity contribution in [1.29, 1.82) is 0 Å². The molecule has 0 aromatic heterocycles. The average Bonchev–Trinajstić information content (AvgIpc) is 1.82. The van der Waals surface area contributed by atoms with Crippen molar-refractivity contribution in [2.24, 2.45) is 5.41 Å². The minimum atomic E-state index is -0.830. The van der Waals surface area contributed by atoms with E-state index in [4.69, 9.17) is 5.11 Å². The fraction of sp³-hybridized carbons (Fsp3) is 0.875. The monoisotopic (exact) mass is 188 g/mol. The molecular weight excluding hydrogens is 171 g/mol. The van der Waals surface area contributed by atoms with E-state index in [0.29, 0.717) is 5.82 Å². The number of hydrogen-bond acceptors (Lipinski definition) is 2. The van der Waals surface area contributed by atoms with Gasteiger partial charge in [0, 0.05) is 0 Å². The molecule has 0 bridgehead atoms. The summed E-state index contributed by atoms with van der Waals surface area (Å²) in [5, 5.41) is 8.18. The van der Waals surface area contributed by atoms with Crippen LogP contribution in [0.4, 0.5) is 0 Å². The zero-order chi connectivity index (χ0) is 9.94. The van der Waals surface area contributed by atoms with Crippen LogP contribution in [0.2, 0.25) is 5.82 Å². The van der Waals surface area contributed by atoms with Gasteiger partial charge in [-0.25, -0.2) is 0 Å². The Morgan fingerprint density at radius 1 is 1.67 bits per heavy atom. The van der Waals surface area contributed by atoms with E-state index in [1.807, 2.05) is 13.8 Å². The van der Waals surface area contributed by atoms with Gasteiger partial charge in [-0.2, -0.15) is 12.6 Å². The Balaban J connectivity index is 4.28. The first-order chi connectivity index (χ1) is 5.27. The fourth-order valence-electron chi connectivity index (χ4n) is 1.50.